The number of hydrogen-bond donors (Lipinski definition) is 19. The molecule has 4 saturated heterocycles. The Morgan fingerprint density at radius 3 is 1.37 bits per heavy atom. The predicted octanol–water partition coefficient (Wildman–Crippen LogP) is 2.29. The number of allylic oxidation sites excluding steroid dienone is 1. The number of nitrogens with one attached hydrogen (secondary N) is 3. The molecule has 3 amide bonds. The van der Waals surface area contributed by atoms with Gasteiger partial charge in [0.25, 0.3) is 11.6 Å². The minimum atomic E-state index is -3.39. The molecule has 107 heavy (non-hydrogen) atoms. The normalized spacial score (nSPS) is 30.8. The molecule has 624 valence electrons. The number of hydrogen-bond acceptors (Lipinski definition) is 27. The summed E-state index contributed by atoms with van der Waals surface area (Å²) in [6.45, 7) is 1.13. The number of aliphatic hydroxyl groups is 14. The number of rotatable bonds is 57. The summed E-state index contributed by atoms with van der Waals surface area (Å²) < 4.78 is 46.5. The zero-order chi connectivity index (χ0) is 79.1. The summed E-state index contributed by atoms with van der Waals surface area (Å²) in [6, 6.07) is -4.73. The number of carboxylic acid groups (broad SMARTS) is 2. The summed E-state index contributed by atoms with van der Waals surface area (Å²) in [6.07, 6.45) is -1.43. The van der Waals surface area contributed by atoms with Gasteiger partial charge >= 0.3 is 11.9 Å². The highest BCUT2D eigenvalue weighted by Crippen LogP contribution is 2.41. The van der Waals surface area contributed by atoms with Crippen LogP contribution in [-0.4, -0.2) is 290 Å². The molecule has 0 aromatic rings. The second-order valence-electron chi connectivity index (χ2n) is 29.7. The third-order valence-electron chi connectivity index (χ3n) is 20.7. The van der Waals surface area contributed by atoms with Crippen LogP contribution in [0.2, 0.25) is 0 Å². The second kappa shape index (κ2) is 51.8. The molecule has 0 aromatic heterocycles. The molecule has 4 aliphatic heterocycles. The number of aliphatic carboxylic acids is 2. The SMILES string of the molecule is CCCCCCCCCCCCCC=C[C@@H](O)[C@H](CO[C@@H]1O[C@H](CO)[C@@H](O[C@@H]2O[C@H](CO)[C@H](O)[C@H](O[C@]3(C(=O)O)C[C@H](O)[C@@H](NC(C)=O)C([C@H](O)[C@@H](CO)O[C@]4(C(=O)O)C[C@H](O)[C@@H](NC(C)=O)C([C@H](O)[C@H](O)CO)O4)O3)[C@H]2O)[C@H](O)[C@H]1O)NC(=O)CCCCCCCCCCCCCCCCCCCCCC. The first kappa shape index (κ1) is 95.6. The van der Waals surface area contributed by atoms with Crippen molar-refractivity contribution in [3.63, 3.8) is 0 Å². The van der Waals surface area contributed by atoms with Crippen LogP contribution in [0.15, 0.2) is 12.2 Å². The van der Waals surface area contributed by atoms with Gasteiger partial charge in [-0.2, -0.15) is 0 Å². The molecular weight excluding hydrogens is 1410 g/mol. The minimum Gasteiger partial charge on any atom is -0.477 e. The first-order chi connectivity index (χ1) is 51.2. The molecule has 4 rings (SSSR count). The molecule has 4 heterocycles. The van der Waals surface area contributed by atoms with E-state index in [1.54, 1.807) is 6.08 Å². The van der Waals surface area contributed by atoms with Gasteiger partial charge in [-0.15, -0.1) is 0 Å². The second-order valence-corrected chi connectivity index (χ2v) is 29.7. The molecule has 0 spiro atoms. The van der Waals surface area contributed by atoms with E-state index in [4.69, 9.17) is 37.9 Å². The Bertz CT molecular complexity index is 2500. The van der Waals surface area contributed by atoms with Crippen molar-refractivity contribution in [1.29, 1.82) is 0 Å². The Morgan fingerprint density at radius 1 is 0.505 bits per heavy atom. The van der Waals surface area contributed by atoms with Crippen LogP contribution in [0.1, 0.15) is 252 Å². The Morgan fingerprint density at radius 2 is 0.935 bits per heavy atom. The van der Waals surface area contributed by atoms with Gasteiger partial charge in [-0.05, 0) is 19.3 Å². The fraction of sp³-hybridized carbons (Fsp3) is 0.907. The molecule has 0 aromatic carbocycles. The summed E-state index contributed by atoms with van der Waals surface area (Å²) >= 11 is 0. The quantitative estimate of drug-likeness (QED) is 0.0307. The smallest absolute Gasteiger partial charge is 0.364 e. The van der Waals surface area contributed by atoms with Gasteiger partial charge in [-0.25, -0.2) is 9.59 Å². The maximum atomic E-state index is 13.6. The minimum absolute atomic E-state index is 0.156. The lowest BCUT2D eigenvalue weighted by atomic mass is 9.87. The fourth-order valence-corrected chi connectivity index (χ4v) is 14.4. The number of amides is 3. The van der Waals surface area contributed by atoms with Crippen molar-refractivity contribution in [3.05, 3.63) is 12.2 Å². The Kier molecular flexibility index (Phi) is 46.2. The maximum absolute atomic E-state index is 13.6. The molecule has 0 bridgehead atoms. The standard InChI is InChI=1S/C75H135N3O29/c1-5-7-9-11-13-15-17-19-20-21-22-23-24-25-27-29-31-33-35-37-39-57(89)78-49(50(85)38-36-34-32-30-28-26-18-16-14-12-10-8-6-2)46-100-70-64(94)63(93)66(56(45-82)102-70)103-71-65(95)69(61(91)54(43-80)101-71)107-75(73(98)99)41-52(87)59(77-48(4)84)68(106-75)62(92)55(44-81)104-74(72(96)97)40-51(86)58(76-47(3)83)67(105-74)60(90)53(88)42-79/h36,38,49-56,58-71,79-82,85-88,90-95H,5-35,37,39-46H2,1-4H3,(H,76,83)(H,77,84)(H,78,89)(H,96,97)(H,98,99)/t49-,50+,51-,52-,53+,54+,55+,56+,58+,59+,60+,61-,62+,63+,64+,65+,66+,67?,68?,69-,70+,71-,74+,75-/m0/s1. The van der Waals surface area contributed by atoms with Crippen molar-refractivity contribution >= 4 is 29.7 Å². The van der Waals surface area contributed by atoms with E-state index in [0.717, 1.165) is 65.2 Å². The molecule has 32 heteroatoms. The molecule has 4 fully saturated rings. The summed E-state index contributed by atoms with van der Waals surface area (Å²) in [5, 5.41) is 185. The Hall–Kier alpha value is -3.79. The monoisotopic (exact) mass is 1540 g/mol. The average Bonchev–Trinajstić information content (AvgIpc) is 0.755. The highest BCUT2D eigenvalue weighted by Gasteiger charge is 2.62. The first-order valence-electron chi connectivity index (χ1n) is 39.7. The van der Waals surface area contributed by atoms with Gasteiger partial charge in [0.1, 0.15) is 85.5 Å². The average molecular weight is 1540 g/mol. The molecular formula is C75H135N3O29. The van der Waals surface area contributed by atoms with Crippen LogP contribution in [0.5, 0.6) is 0 Å². The summed E-state index contributed by atoms with van der Waals surface area (Å²) in [5.41, 5.74) is 0. The van der Waals surface area contributed by atoms with Crippen LogP contribution < -0.4 is 16.0 Å². The Labute approximate surface area is 630 Å². The number of ether oxygens (including phenoxy) is 8. The topological polar surface area (TPSA) is 519 Å². The number of aliphatic hydroxyl groups excluding tert-OH is 14. The molecule has 0 aliphatic carbocycles. The molecule has 19 N–H and O–H groups in total. The van der Waals surface area contributed by atoms with Crippen LogP contribution in [-0.2, 0) is 61.9 Å². The zero-order valence-corrected chi connectivity index (χ0v) is 63.6. The maximum Gasteiger partial charge on any atom is 0.364 e. The van der Waals surface area contributed by atoms with Crippen molar-refractivity contribution in [2.24, 2.45) is 0 Å². The van der Waals surface area contributed by atoms with E-state index < -0.39 is 216 Å². The summed E-state index contributed by atoms with van der Waals surface area (Å²) in [4.78, 5) is 65.1. The third kappa shape index (κ3) is 31.6. The largest absolute Gasteiger partial charge is 0.477 e. The van der Waals surface area contributed by atoms with Crippen molar-refractivity contribution in [2.45, 2.75) is 398 Å². The number of carboxylic acids is 2. The van der Waals surface area contributed by atoms with Crippen molar-refractivity contribution < 1.29 is 144 Å². The van der Waals surface area contributed by atoms with Gasteiger partial charge in [0, 0.05) is 33.1 Å². The van der Waals surface area contributed by atoms with E-state index in [9.17, 15) is 106 Å². The van der Waals surface area contributed by atoms with Gasteiger partial charge in [0.15, 0.2) is 12.6 Å². The third-order valence-corrected chi connectivity index (χ3v) is 20.7. The molecule has 0 saturated carbocycles. The number of unbranched alkanes of at least 4 members (excludes halogenated alkanes) is 30. The summed E-state index contributed by atoms with van der Waals surface area (Å²) in [5.74, 6) is -13.1. The van der Waals surface area contributed by atoms with E-state index in [-0.39, 0.29) is 12.3 Å². The molecule has 24 atom stereocenters. The lowest BCUT2D eigenvalue weighted by Gasteiger charge is -2.51. The highest BCUT2D eigenvalue weighted by molar-refractivity contribution is 5.78. The number of carbonyl (C=O) groups excluding carboxylic acids is 3. The van der Waals surface area contributed by atoms with Gasteiger partial charge < -0.3 is 136 Å². The Balaban J connectivity index is 1.45. The van der Waals surface area contributed by atoms with Crippen LogP contribution in [0.3, 0.4) is 0 Å². The van der Waals surface area contributed by atoms with Crippen LogP contribution in [0.4, 0.5) is 0 Å². The number of carbonyl (C=O) groups is 5. The van der Waals surface area contributed by atoms with Crippen molar-refractivity contribution in [1.82, 2.24) is 16.0 Å². The lowest BCUT2D eigenvalue weighted by molar-refractivity contribution is -0.388. The van der Waals surface area contributed by atoms with E-state index in [1.807, 2.05) is 6.08 Å². The van der Waals surface area contributed by atoms with Gasteiger partial charge in [0.05, 0.1) is 69.5 Å². The molecule has 4 aliphatic rings. The van der Waals surface area contributed by atoms with E-state index >= 15 is 0 Å². The van der Waals surface area contributed by atoms with E-state index in [0.29, 0.717) is 12.8 Å². The van der Waals surface area contributed by atoms with Crippen LogP contribution >= 0.6 is 0 Å². The lowest BCUT2D eigenvalue weighted by Crippen LogP contribution is -2.72. The van der Waals surface area contributed by atoms with Crippen LogP contribution in [0.25, 0.3) is 0 Å². The molecule has 32 nitrogen and oxygen atoms in total. The highest BCUT2D eigenvalue weighted by atomic mass is 16.8. The van der Waals surface area contributed by atoms with E-state index in [2.05, 4.69) is 29.8 Å². The fourth-order valence-electron chi connectivity index (χ4n) is 14.4. The van der Waals surface area contributed by atoms with Crippen molar-refractivity contribution in [2.75, 3.05) is 33.0 Å². The first-order valence-corrected chi connectivity index (χ1v) is 39.7. The van der Waals surface area contributed by atoms with Crippen molar-refractivity contribution in [3.8, 4) is 0 Å². The predicted molar refractivity (Wildman–Crippen MR) is 386 cm³/mol. The van der Waals surface area contributed by atoms with Gasteiger partial charge in [-0.1, -0.05) is 212 Å². The van der Waals surface area contributed by atoms with Crippen LogP contribution in [0, 0.1) is 0 Å². The van der Waals surface area contributed by atoms with Gasteiger partial charge in [-0.3, -0.25) is 14.4 Å². The van der Waals surface area contributed by atoms with E-state index in [1.165, 1.54) is 141 Å². The summed E-state index contributed by atoms with van der Waals surface area (Å²) in [7, 11) is 0. The molecule has 0 radical (unpaired) electrons. The molecule has 2 unspecified atom stereocenters. The van der Waals surface area contributed by atoms with Gasteiger partial charge in [0.2, 0.25) is 17.7 Å². The zero-order valence-electron chi connectivity index (χ0n) is 63.6.